The Kier molecular flexibility index (Phi) is 2.50. The van der Waals surface area contributed by atoms with Crippen LogP contribution in [-0.2, 0) is 28.4 Å². The molecule has 112 valence electrons. The maximum absolute atomic E-state index is 6.02. The molecular formula is C12H14Br2O6. The van der Waals surface area contributed by atoms with Crippen LogP contribution >= 0.6 is 31.9 Å². The molecule has 7 fully saturated rings. The zero-order valence-electron chi connectivity index (χ0n) is 10.8. The molecule has 0 aromatic carbocycles. The molecule has 0 amide bonds. The Morgan fingerprint density at radius 3 is 0.950 bits per heavy atom. The van der Waals surface area contributed by atoms with Gasteiger partial charge in [0.2, 0.25) is 0 Å². The molecule has 2 atom stereocenters. The maximum Gasteiger partial charge on any atom is 0.297 e. The third-order valence-corrected chi connectivity index (χ3v) is 5.84. The van der Waals surface area contributed by atoms with Crippen LogP contribution in [0.1, 0.15) is 13.8 Å². The van der Waals surface area contributed by atoms with E-state index in [0.29, 0.717) is 0 Å². The molecule has 0 spiro atoms. The third-order valence-electron chi connectivity index (χ3n) is 4.72. The van der Waals surface area contributed by atoms with Crippen LogP contribution in [0.4, 0.5) is 0 Å². The molecule has 7 rings (SSSR count). The fourth-order valence-electron chi connectivity index (χ4n) is 3.79. The van der Waals surface area contributed by atoms with Crippen molar-refractivity contribution < 1.29 is 28.4 Å². The number of ether oxygens (including phenoxy) is 6. The summed E-state index contributed by atoms with van der Waals surface area (Å²) in [5.74, 6) is -2.12. The summed E-state index contributed by atoms with van der Waals surface area (Å²) < 4.78 is 36.1. The summed E-state index contributed by atoms with van der Waals surface area (Å²) in [6, 6.07) is 0. The first-order chi connectivity index (χ1) is 9.46. The first-order valence-corrected chi connectivity index (χ1v) is 8.64. The van der Waals surface area contributed by atoms with Gasteiger partial charge in [-0.05, 0) is 13.8 Å². The quantitative estimate of drug-likeness (QED) is 0.635. The Hall–Kier alpha value is 0.720. The van der Waals surface area contributed by atoms with Crippen LogP contribution in [0.25, 0.3) is 0 Å². The van der Waals surface area contributed by atoms with Crippen LogP contribution in [0.5, 0.6) is 0 Å². The number of alkyl halides is 2. The molecule has 6 nitrogen and oxygen atoms in total. The molecule has 1 aliphatic carbocycles. The van der Waals surface area contributed by atoms with Gasteiger partial charge in [0.15, 0.2) is 0 Å². The molecule has 8 heteroatoms. The number of hydrogen-bond donors (Lipinski definition) is 0. The van der Waals surface area contributed by atoms with E-state index in [1.165, 1.54) is 0 Å². The topological polar surface area (TPSA) is 55.4 Å². The van der Waals surface area contributed by atoms with Gasteiger partial charge in [0.1, 0.15) is 36.6 Å². The standard InChI is InChI=1S/C12H14Br2O6/c1-3(13)11-15-5-8-6(16-11)10-7(17-11)9(5)19-12(18-8,20-10)4(2)14/h3-10H,1-2H3. The van der Waals surface area contributed by atoms with E-state index >= 15 is 0 Å². The van der Waals surface area contributed by atoms with Gasteiger partial charge in [-0.2, -0.15) is 0 Å². The minimum atomic E-state index is -1.06. The van der Waals surface area contributed by atoms with Crippen LogP contribution in [0, 0.1) is 0 Å². The Labute approximate surface area is 132 Å². The van der Waals surface area contributed by atoms with Crippen molar-refractivity contribution in [1.29, 1.82) is 0 Å². The van der Waals surface area contributed by atoms with Crippen molar-refractivity contribution >= 4 is 31.9 Å². The highest BCUT2D eigenvalue weighted by Gasteiger charge is 2.78. The number of rotatable bonds is 2. The Morgan fingerprint density at radius 2 is 0.800 bits per heavy atom. The summed E-state index contributed by atoms with van der Waals surface area (Å²) in [5.41, 5.74) is 0. The number of halogens is 2. The minimum absolute atomic E-state index is 0.0935. The van der Waals surface area contributed by atoms with Crippen molar-refractivity contribution in [3.05, 3.63) is 0 Å². The highest BCUT2D eigenvalue weighted by molar-refractivity contribution is 9.09. The molecule has 20 heavy (non-hydrogen) atoms. The summed E-state index contributed by atoms with van der Waals surface area (Å²) >= 11 is 7.01. The highest BCUT2D eigenvalue weighted by Crippen LogP contribution is 2.59. The van der Waals surface area contributed by atoms with Crippen LogP contribution in [0.2, 0.25) is 0 Å². The van der Waals surface area contributed by atoms with Crippen molar-refractivity contribution in [2.45, 2.75) is 72.1 Å². The monoisotopic (exact) mass is 412 g/mol. The second-order valence-corrected chi connectivity index (χ2v) is 8.68. The second-order valence-electron chi connectivity index (χ2n) is 5.93. The van der Waals surface area contributed by atoms with E-state index in [-0.39, 0.29) is 46.3 Å². The molecule has 0 radical (unpaired) electrons. The average molecular weight is 414 g/mol. The molecule has 6 heterocycles. The SMILES string of the molecule is CC(Br)C12OC3C4OC5(C(C)Br)OC3C(O1)C(O5)C4O2. The van der Waals surface area contributed by atoms with Crippen LogP contribution in [-0.4, -0.2) is 58.2 Å². The molecule has 8 bridgehead atoms. The van der Waals surface area contributed by atoms with Gasteiger partial charge in [0.25, 0.3) is 11.9 Å². The Bertz CT molecular complexity index is 364. The van der Waals surface area contributed by atoms with Gasteiger partial charge in [-0.3, -0.25) is 0 Å². The van der Waals surface area contributed by atoms with E-state index in [2.05, 4.69) is 31.9 Å². The Balaban J connectivity index is 1.58. The predicted octanol–water partition coefficient (Wildman–Crippen LogP) is 1.24. The first-order valence-electron chi connectivity index (χ1n) is 6.81. The fourth-order valence-corrected chi connectivity index (χ4v) is 4.44. The molecule has 2 unspecified atom stereocenters. The lowest BCUT2D eigenvalue weighted by Gasteiger charge is -2.71. The van der Waals surface area contributed by atoms with Crippen molar-refractivity contribution in [3.63, 3.8) is 0 Å². The normalized spacial score (nSPS) is 64.8. The van der Waals surface area contributed by atoms with Gasteiger partial charge in [-0.25, -0.2) is 0 Å². The van der Waals surface area contributed by atoms with Crippen LogP contribution in [0.15, 0.2) is 0 Å². The van der Waals surface area contributed by atoms with E-state index in [4.69, 9.17) is 28.4 Å². The minimum Gasteiger partial charge on any atom is -0.317 e. The molecule has 6 saturated heterocycles. The van der Waals surface area contributed by atoms with Crippen molar-refractivity contribution in [2.75, 3.05) is 0 Å². The Morgan fingerprint density at radius 1 is 0.600 bits per heavy atom. The molecule has 0 N–H and O–H groups in total. The lowest BCUT2D eigenvalue weighted by atomic mass is 9.79. The van der Waals surface area contributed by atoms with Gasteiger partial charge in [0, 0.05) is 0 Å². The van der Waals surface area contributed by atoms with Gasteiger partial charge >= 0.3 is 0 Å². The zero-order valence-corrected chi connectivity index (χ0v) is 14.0. The molecule has 0 aromatic heterocycles. The first kappa shape index (κ1) is 13.2. The van der Waals surface area contributed by atoms with E-state index in [1.807, 2.05) is 13.8 Å². The van der Waals surface area contributed by atoms with Gasteiger partial charge in [-0.15, -0.1) is 0 Å². The molecule has 7 aliphatic rings. The summed E-state index contributed by atoms with van der Waals surface area (Å²) in [4.78, 5) is -0.187. The van der Waals surface area contributed by atoms with Crippen LogP contribution < -0.4 is 0 Å². The maximum atomic E-state index is 6.02. The van der Waals surface area contributed by atoms with Crippen molar-refractivity contribution in [2.24, 2.45) is 0 Å². The lowest BCUT2D eigenvalue weighted by Crippen LogP contribution is -2.89. The summed E-state index contributed by atoms with van der Waals surface area (Å²) in [6.07, 6.45) is -1.04. The predicted molar refractivity (Wildman–Crippen MR) is 71.5 cm³/mol. The molecular weight excluding hydrogens is 400 g/mol. The molecule has 1 saturated carbocycles. The lowest BCUT2D eigenvalue weighted by molar-refractivity contribution is -0.635. The molecule has 6 aliphatic heterocycles. The smallest absolute Gasteiger partial charge is 0.297 e. The van der Waals surface area contributed by atoms with E-state index < -0.39 is 11.9 Å². The largest absolute Gasteiger partial charge is 0.317 e. The van der Waals surface area contributed by atoms with E-state index in [9.17, 15) is 0 Å². The van der Waals surface area contributed by atoms with E-state index in [0.717, 1.165) is 0 Å². The zero-order chi connectivity index (χ0) is 13.9. The molecule has 0 aromatic rings. The average Bonchev–Trinajstić information content (AvgIpc) is 2.43. The van der Waals surface area contributed by atoms with Crippen LogP contribution in [0.3, 0.4) is 0 Å². The summed E-state index contributed by atoms with van der Waals surface area (Å²) in [7, 11) is 0. The van der Waals surface area contributed by atoms with Crippen molar-refractivity contribution in [1.82, 2.24) is 0 Å². The summed E-state index contributed by atoms with van der Waals surface area (Å²) in [5, 5.41) is 0. The third kappa shape index (κ3) is 1.32. The van der Waals surface area contributed by atoms with E-state index in [1.54, 1.807) is 0 Å². The van der Waals surface area contributed by atoms with Gasteiger partial charge in [-0.1, -0.05) is 31.9 Å². The van der Waals surface area contributed by atoms with Gasteiger partial charge < -0.3 is 28.4 Å². The second kappa shape index (κ2) is 3.79. The summed E-state index contributed by atoms with van der Waals surface area (Å²) in [6.45, 7) is 3.88. The van der Waals surface area contributed by atoms with Gasteiger partial charge in [0.05, 0.1) is 9.65 Å². The fraction of sp³-hybridized carbons (Fsp3) is 1.00. The van der Waals surface area contributed by atoms with Crippen molar-refractivity contribution in [3.8, 4) is 0 Å². The number of hydrogen-bond acceptors (Lipinski definition) is 6. The highest BCUT2D eigenvalue weighted by atomic mass is 79.9.